The average molecular weight is 719 g/mol. The van der Waals surface area contributed by atoms with E-state index >= 15 is 0 Å². The quantitative estimate of drug-likeness (QED) is 0.164. The second-order valence-corrected chi connectivity index (χ2v) is 14.9. The maximum Gasteiger partial charge on any atom is 0.160 e. The average Bonchev–Trinajstić information content (AvgIpc) is 3.66. The molecule has 0 aliphatic carbocycles. The molecule has 0 amide bonds. The van der Waals surface area contributed by atoms with E-state index < -0.39 is 0 Å². The first-order chi connectivity index (χ1) is 27.2. The number of rotatable bonds is 7. The molecule has 10 rings (SSSR count). The minimum Gasteiger partial charge on any atom is -0.226 e. The van der Waals surface area contributed by atoms with Gasteiger partial charge in [0.05, 0.1) is 15.9 Å². The van der Waals surface area contributed by atoms with E-state index in [4.69, 9.17) is 9.97 Å². The van der Waals surface area contributed by atoms with Crippen molar-refractivity contribution >= 4 is 31.6 Å². The van der Waals surface area contributed by atoms with Crippen molar-refractivity contribution in [3.05, 3.63) is 206 Å². The lowest BCUT2D eigenvalue weighted by molar-refractivity contribution is 1.24. The highest BCUT2D eigenvalue weighted by atomic mass is 32.1. The predicted molar refractivity (Wildman–Crippen MR) is 233 cm³/mol. The van der Waals surface area contributed by atoms with Gasteiger partial charge < -0.3 is 0 Å². The van der Waals surface area contributed by atoms with Gasteiger partial charge in [0.1, 0.15) is 0 Å². The van der Waals surface area contributed by atoms with Crippen LogP contribution in [-0.2, 0) is 0 Å². The van der Waals surface area contributed by atoms with Crippen molar-refractivity contribution in [2.45, 2.75) is 0 Å². The van der Waals surface area contributed by atoms with Crippen molar-refractivity contribution in [1.29, 1.82) is 0 Å². The summed E-state index contributed by atoms with van der Waals surface area (Å²) in [5.41, 5.74) is 15.7. The van der Waals surface area contributed by atoms with Gasteiger partial charge in [-0.25, -0.2) is 9.97 Å². The Labute approximate surface area is 324 Å². The molecule has 2 heterocycles. The van der Waals surface area contributed by atoms with Gasteiger partial charge in [-0.2, -0.15) is 0 Å². The lowest BCUT2D eigenvalue weighted by Crippen LogP contribution is -1.95. The van der Waals surface area contributed by atoms with Crippen molar-refractivity contribution in [3.8, 4) is 78.3 Å². The fourth-order valence-corrected chi connectivity index (χ4v) is 8.63. The highest BCUT2D eigenvalue weighted by Crippen LogP contribution is 2.42. The van der Waals surface area contributed by atoms with Gasteiger partial charge in [0.25, 0.3) is 0 Å². The third kappa shape index (κ3) is 6.41. The Hall–Kier alpha value is -6.94. The number of hydrogen-bond donors (Lipinski definition) is 0. The minimum atomic E-state index is 0.715. The Bertz CT molecular complexity index is 2890. The van der Waals surface area contributed by atoms with Crippen LogP contribution in [0.3, 0.4) is 0 Å². The number of thiophene rings is 1. The van der Waals surface area contributed by atoms with E-state index in [9.17, 15) is 0 Å². The smallest absolute Gasteiger partial charge is 0.160 e. The fraction of sp³-hybridized carbons (Fsp3) is 0. The first kappa shape index (κ1) is 32.7. The largest absolute Gasteiger partial charge is 0.226 e. The monoisotopic (exact) mass is 718 g/mol. The molecule has 258 valence electrons. The van der Waals surface area contributed by atoms with Crippen molar-refractivity contribution in [1.82, 2.24) is 9.97 Å². The molecule has 2 aromatic heterocycles. The van der Waals surface area contributed by atoms with Crippen LogP contribution in [0.25, 0.3) is 98.6 Å². The van der Waals surface area contributed by atoms with E-state index in [1.54, 1.807) is 11.3 Å². The van der Waals surface area contributed by atoms with Crippen LogP contribution in [0.4, 0.5) is 0 Å². The molecular formula is C52H34N2S. The summed E-state index contributed by atoms with van der Waals surface area (Å²) >= 11 is 1.76. The van der Waals surface area contributed by atoms with Crippen LogP contribution in [0.5, 0.6) is 0 Å². The number of fused-ring (bicyclic) bond motifs is 3. The number of benzene rings is 8. The number of hydrogen-bond acceptors (Lipinski definition) is 3. The van der Waals surface area contributed by atoms with Gasteiger partial charge in [-0.1, -0.05) is 170 Å². The molecule has 0 unspecified atom stereocenters. The Morgan fingerprint density at radius 3 is 1.29 bits per heavy atom. The summed E-state index contributed by atoms with van der Waals surface area (Å²) in [6.07, 6.45) is 0. The molecule has 8 aromatic carbocycles. The molecule has 2 nitrogen and oxygen atoms in total. The summed E-state index contributed by atoms with van der Waals surface area (Å²) in [5, 5.41) is 1.15. The Balaban J connectivity index is 1.10. The summed E-state index contributed by atoms with van der Waals surface area (Å²) in [6, 6.07) is 73.4. The molecule has 0 spiro atoms. The van der Waals surface area contributed by atoms with Crippen LogP contribution in [0.1, 0.15) is 0 Å². The van der Waals surface area contributed by atoms with Gasteiger partial charge in [-0.3, -0.25) is 0 Å². The first-order valence-corrected chi connectivity index (χ1v) is 19.4. The van der Waals surface area contributed by atoms with Crippen LogP contribution in [0.2, 0.25) is 0 Å². The maximum absolute atomic E-state index is 5.44. The minimum absolute atomic E-state index is 0.715. The maximum atomic E-state index is 5.44. The van der Waals surface area contributed by atoms with E-state index in [1.807, 2.05) is 0 Å². The molecule has 0 saturated carbocycles. The van der Waals surface area contributed by atoms with Gasteiger partial charge in [0.2, 0.25) is 0 Å². The fourth-order valence-electron chi connectivity index (χ4n) is 7.48. The van der Waals surface area contributed by atoms with Gasteiger partial charge in [0.15, 0.2) is 5.82 Å². The number of nitrogens with zero attached hydrogens (tertiary/aromatic N) is 2. The second-order valence-electron chi connectivity index (χ2n) is 13.8. The highest BCUT2D eigenvalue weighted by Gasteiger charge is 2.18. The Kier molecular flexibility index (Phi) is 8.40. The zero-order valence-electron chi connectivity index (χ0n) is 29.9. The molecule has 0 aliphatic rings. The predicted octanol–water partition coefficient (Wildman–Crippen LogP) is 14.5. The van der Waals surface area contributed by atoms with Crippen LogP contribution < -0.4 is 0 Å². The SMILES string of the molecule is c1ccc(-c2ccc(-c3cccc(-c4cccc(-c5nc(-c6cc(-c7ccccc7)cc(-c7ccccc7)c6)c6sc7ccccc7c6n5)c4)c3)cc2)cc1. The van der Waals surface area contributed by atoms with Crippen molar-refractivity contribution < 1.29 is 0 Å². The van der Waals surface area contributed by atoms with Gasteiger partial charge >= 0.3 is 0 Å². The van der Waals surface area contributed by atoms with E-state index in [0.717, 1.165) is 54.7 Å². The van der Waals surface area contributed by atoms with E-state index in [1.165, 1.54) is 38.1 Å². The van der Waals surface area contributed by atoms with E-state index in [-0.39, 0.29) is 0 Å². The molecule has 10 aromatic rings. The third-order valence-corrected chi connectivity index (χ3v) is 11.4. The van der Waals surface area contributed by atoms with Crippen molar-refractivity contribution in [2.75, 3.05) is 0 Å². The first-order valence-electron chi connectivity index (χ1n) is 18.6. The summed E-state index contributed by atoms with van der Waals surface area (Å²) < 4.78 is 2.30. The highest BCUT2D eigenvalue weighted by molar-refractivity contribution is 7.26. The van der Waals surface area contributed by atoms with Crippen molar-refractivity contribution in [2.24, 2.45) is 0 Å². The van der Waals surface area contributed by atoms with Crippen molar-refractivity contribution in [3.63, 3.8) is 0 Å². The molecule has 0 saturated heterocycles. The lowest BCUT2D eigenvalue weighted by atomic mass is 9.94. The van der Waals surface area contributed by atoms with Crippen LogP contribution in [-0.4, -0.2) is 9.97 Å². The molecule has 3 heteroatoms. The molecule has 55 heavy (non-hydrogen) atoms. The third-order valence-electron chi connectivity index (χ3n) is 10.3. The molecule has 0 aliphatic heterocycles. The summed E-state index contributed by atoms with van der Waals surface area (Å²) in [4.78, 5) is 10.8. The summed E-state index contributed by atoms with van der Waals surface area (Å²) in [6.45, 7) is 0. The molecule has 0 radical (unpaired) electrons. The van der Waals surface area contributed by atoms with Crippen LogP contribution >= 0.6 is 11.3 Å². The van der Waals surface area contributed by atoms with Gasteiger partial charge in [0, 0.05) is 21.2 Å². The zero-order chi connectivity index (χ0) is 36.6. The molecule has 0 fully saturated rings. The molecule has 0 bridgehead atoms. The molecule has 0 N–H and O–H groups in total. The standard InChI is InChI=1S/C52H34N2S/c1-4-14-35(15-5-1)38-26-28-39(29-27-38)40-20-12-21-41(30-40)42-22-13-23-43(31-42)52-53-49(51-50(54-52)47-24-10-11-25-48(47)55-51)46-33-44(36-16-6-2-7-17-36)32-45(34-46)37-18-8-3-9-19-37/h1-34H. The lowest BCUT2D eigenvalue weighted by Gasteiger charge is -2.13. The van der Waals surface area contributed by atoms with Crippen LogP contribution in [0.15, 0.2) is 206 Å². The molecule has 0 atom stereocenters. The Morgan fingerprint density at radius 1 is 0.291 bits per heavy atom. The Morgan fingerprint density at radius 2 is 0.691 bits per heavy atom. The molecular weight excluding hydrogens is 685 g/mol. The topological polar surface area (TPSA) is 25.8 Å². The van der Waals surface area contributed by atoms with Gasteiger partial charge in [-0.15, -0.1) is 11.3 Å². The summed E-state index contributed by atoms with van der Waals surface area (Å²) in [7, 11) is 0. The second kappa shape index (κ2) is 14.1. The van der Waals surface area contributed by atoms with Gasteiger partial charge in [-0.05, 0) is 92.0 Å². The normalized spacial score (nSPS) is 11.3. The number of aromatic nitrogens is 2. The van der Waals surface area contributed by atoms with Crippen LogP contribution in [0, 0.1) is 0 Å². The van der Waals surface area contributed by atoms with E-state index in [2.05, 4.69) is 206 Å². The zero-order valence-corrected chi connectivity index (χ0v) is 30.7. The van der Waals surface area contributed by atoms with E-state index in [0.29, 0.717) is 5.82 Å². The summed E-state index contributed by atoms with van der Waals surface area (Å²) in [5.74, 6) is 0.715.